The Morgan fingerprint density at radius 3 is 2.68 bits per heavy atom. The zero-order chi connectivity index (χ0) is 14.3. The van der Waals surface area contributed by atoms with Crippen LogP contribution in [0.3, 0.4) is 0 Å². The van der Waals surface area contributed by atoms with E-state index in [1.54, 1.807) is 6.92 Å². The number of nitrogens with one attached hydrogen (secondary N) is 1. The smallest absolute Gasteiger partial charge is 0.248 e. The zero-order valence-electron chi connectivity index (χ0n) is 11.0. The monoisotopic (exact) mass is 286 g/mol. The molecule has 2 amide bonds. The molecule has 0 saturated carbocycles. The van der Waals surface area contributed by atoms with E-state index in [1.807, 2.05) is 6.92 Å². The molecule has 2 aliphatic heterocycles. The summed E-state index contributed by atoms with van der Waals surface area (Å²) in [4.78, 5) is 25.7. The largest absolute Gasteiger partial charge is 0.342 e. The highest BCUT2D eigenvalue weighted by Gasteiger charge is 2.42. The second-order valence-corrected chi connectivity index (χ2v) is 7.14. The molecular formula is C12H18N2O4S. The van der Waals surface area contributed by atoms with E-state index in [2.05, 4.69) is 5.32 Å². The maximum atomic E-state index is 12.5. The second kappa shape index (κ2) is 4.63. The van der Waals surface area contributed by atoms with Crippen molar-refractivity contribution in [1.29, 1.82) is 0 Å². The maximum Gasteiger partial charge on any atom is 0.248 e. The van der Waals surface area contributed by atoms with Crippen molar-refractivity contribution in [2.24, 2.45) is 0 Å². The Labute approximate surface area is 112 Å². The molecule has 7 heteroatoms. The molecule has 0 aliphatic carbocycles. The van der Waals surface area contributed by atoms with Gasteiger partial charge in [0.15, 0.2) is 9.84 Å². The molecule has 2 atom stereocenters. The predicted molar refractivity (Wildman–Crippen MR) is 69.9 cm³/mol. The molecule has 106 valence electrons. The Hall–Kier alpha value is -1.37. The van der Waals surface area contributed by atoms with Crippen LogP contribution in [-0.2, 0) is 19.4 Å². The number of nitrogens with zero attached hydrogens (tertiary/aromatic N) is 1. The summed E-state index contributed by atoms with van der Waals surface area (Å²) in [5.74, 6) is -0.482. The third-order valence-corrected chi connectivity index (χ3v) is 5.12. The standard InChI is InChI=1S/C12H18N2O4S/c1-3-12(2)11(16)14(6-4-10(15)13-12)9-5-7-19(17,18)8-9/h5,7,9H,3-4,6,8H2,1-2H3,(H,13,15). The summed E-state index contributed by atoms with van der Waals surface area (Å²) < 4.78 is 22.9. The van der Waals surface area contributed by atoms with Crippen LogP contribution in [0, 0.1) is 0 Å². The van der Waals surface area contributed by atoms with Crippen molar-refractivity contribution in [3.8, 4) is 0 Å². The molecule has 0 radical (unpaired) electrons. The molecule has 0 spiro atoms. The fraction of sp³-hybridized carbons (Fsp3) is 0.667. The fourth-order valence-electron chi connectivity index (χ4n) is 2.37. The third-order valence-electron chi connectivity index (χ3n) is 3.75. The molecule has 0 aromatic carbocycles. The average Bonchev–Trinajstić information content (AvgIpc) is 2.63. The number of rotatable bonds is 2. The van der Waals surface area contributed by atoms with Crippen LogP contribution in [0.4, 0.5) is 0 Å². The highest BCUT2D eigenvalue weighted by Crippen LogP contribution is 2.23. The number of hydrogen-bond acceptors (Lipinski definition) is 4. The molecular weight excluding hydrogens is 268 g/mol. The Bertz CT molecular complexity index is 540. The van der Waals surface area contributed by atoms with Gasteiger partial charge in [-0.1, -0.05) is 6.92 Å². The topological polar surface area (TPSA) is 83.6 Å². The van der Waals surface area contributed by atoms with Gasteiger partial charge in [0, 0.05) is 18.4 Å². The molecule has 19 heavy (non-hydrogen) atoms. The Kier molecular flexibility index (Phi) is 3.42. The first kappa shape index (κ1) is 14.0. The SMILES string of the molecule is CCC1(C)NC(=O)CCN(C2C=CS(=O)(=O)C2)C1=O. The lowest BCUT2D eigenvalue weighted by Gasteiger charge is -2.33. The van der Waals surface area contributed by atoms with E-state index in [9.17, 15) is 18.0 Å². The van der Waals surface area contributed by atoms with Crippen LogP contribution in [0.15, 0.2) is 11.5 Å². The normalized spacial score (nSPS) is 34.2. The summed E-state index contributed by atoms with van der Waals surface area (Å²) in [5, 5.41) is 3.87. The molecule has 2 rings (SSSR count). The number of sulfone groups is 1. The van der Waals surface area contributed by atoms with Gasteiger partial charge in [-0.15, -0.1) is 0 Å². The molecule has 0 bridgehead atoms. The van der Waals surface area contributed by atoms with E-state index >= 15 is 0 Å². The van der Waals surface area contributed by atoms with Crippen molar-refractivity contribution in [2.45, 2.75) is 38.3 Å². The lowest BCUT2D eigenvalue weighted by Crippen LogP contribution is -2.56. The van der Waals surface area contributed by atoms with Crippen molar-refractivity contribution < 1.29 is 18.0 Å². The number of amides is 2. The Morgan fingerprint density at radius 1 is 1.47 bits per heavy atom. The summed E-state index contributed by atoms with van der Waals surface area (Å²) >= 11 is 0. The van der Waals surface area contributed by atoms with Crippen molar-refractivity contribution >= 4 is 21.7 Å². The van der Waals surface area contributed by atoms with Crippen molar-refractivity contribution in [2.75, 3.05) is 12.3 Å². The van der Waals surface area contributed by atoms with Crippen molar-refractivity contribution in [1.82, 2.24) is 10.2 Å². The molecule has 6 nitrogen and oxygen atoms in total. The van der Waals surface area contributed by atoms with Gasteiger partial charge in [0.25, 0.3) is 0 Å². The first-order valence-electron chi connectivity index (χ1n) is 6.30. The van der Waals surface area contributed by atoms with E-state index in [0.717, 1.165) is 5.41 Å². The minimum Gasteiger partial charge on any atom is -0.342 e. The lowest BCUT2D eigenvalue weighted by atomic mass is 9.96. The Balaban J connectivity index is 2.28. The number of carbonyl (C=O) groups excluding carboxylic acids is 2. The number of hydrogen-bond donors (Lipinski definition) is 1. The van der Waals surface area contributed by atoms with Gasteiger partial charge >= 0.3 is 0 Å². The first-order chi connectivity index (χ1) is 8.77. The molecule has 0 aromatic heterocycles. The van der Waals surface area contributed by atoms with Gasteiger partial charge < -0.3 is 10.2 Å². The molecule has 1 fully saturated rings. The van der Waals surface area contributed by atoms with Crippen LogP contribution in [0.1, 0.15) is 26.7 Å². The molecule has 2 unspecified atom stereocenters. The highest BCUT2D eigenvalue weighted by molar-refractivity contribution is 7.94. The second-order valence-electron chi connectivity index (χ2n) is 5.21. The lowest BCUT2D eigenvalue weighted by molar-refractivity contribution is -0.139. The van der Waals surface area contributed by atoms with Gasteiger partial charge in [0.05, 0.1) is 11.8 Å². The quantitative estimate of drug-likeness (QED) is 0.763. The maximum absolute atomic E-state index is 12.5. The van der Waals surface area contributed by atoms with Gasteiger partial charge in [-0.2, -0.15) is 0 Å². The van der Waals surface area contributed by atoms with E-state index < -0.39 is 21.4 Å². The molecule has 1 saturated heterocycles. The highest BCUT2D eigenvalue weighted by atomic mass is 32.2. The summed E-state index contributed by atoms with van der Waals surface area (Å²) in [7, 11) is -3.22. The van der Waals surface area contributed by atoms with Crippen LogP contribution in [0.2, 0.25) is 0 Å². The third kappa shape index (κ3) is 2.65. The van der Waals surface area contributed by atoms with Crippen LogP contribution in [0.5, 0.6) is 0 Å². The van der Waals surface area contributed by atoms with Crippen LogP contribution < -0.4 is 5.32 Å². The van der Waals surface area contributed by atoms with Crippen LogP contribution in [0.25, 0.3) is 0 Å². The molecule has 0 aromatic rings. The van der Waals surface area contributed by atoms with E-state index in [-0.39, 0.29) is 30.5 Å². The first-order valence-corrected chi connectivity index (χ1v) is 8.02. The van der Waals surface area contributed by atoms with E-state index in [0.29, 0.717) is 6.42 Å². The van der Waals surface area contributed by atoms with E-state index in [4.69, 9.17) is 0 Å². The molecule has 2 heterocycles. The van der Waals surface area contributed by atoms with E-state index in [1.165, 1.54) is 11.0 Å². The zero-order valence-corrected chi connectivity index (χ0v) is 11.9. The average molecular weight is 286 g/mol. The fourth-order valence-corrected chi connectivity index (χ4v) is 3.67. The summed E-state index contributed by atoms with van der Waals surface area (Å²) in [6.45, 7) is 3.76. The Morgan fingerprint density at radius 2 is 2.16 bits per heavy atom. The van der Waals surface area contributed by atoms with Crippen LogP contribution >= 0.6 is 0 Å². The van der Waals surface area contributed by atoms with Gasteiger partial charge in [-0.25, -0.2) is 8.42 Å². The minimum atomic E-state index is -3.22. The minimum absolute atomic E-state index is 0.0906. The van der Waals surface area contributed by atoms with Gasteiger partial charge in [0.1, 0.15) is 5.54 Å². The number of carbonyl (C=O) groups is 2. The van der Waals surface area contributed by atoms with Crippen LogP contribution in [-0.4, -0.2) is 49.0 Å². The van der Waals surface area contributed by atoms with Gasteiger partial charge in [-0.05, 0) is 19.4 Å². The van der Waals surface area contributed by atoms with Crippen molar-refractivity contribution in [3.05, 3.63) is 11.5 Å². The van der Waals surface area contributed by atoms with Crippen molar-refractivity contribution in [3.63, 3.8) is 0 Å². The van der Waals surface area contributed by atoms with Gasteiger partial charge in [-0.3, -0.25) is 9.59 Å². The summed E-state index contributed by atoms with van der Waals surface area (Å²) in [6, 6.07) is -0.462. The molecule has 1 N–H and O–H groups in total. The van der Waals surface area contributed by atoms with Gasteiger partial charge in [0.2, 0.25) is 11.8 Å². The summed E-state index contributed by atoms with van der Waals surface area (Å²) in [6.07, 6.45) is 2.20. The molecule has 2 aliphatic rings. The summed E-state index contributed by atoms with van der Waals surface area (Å²) in [5.41, 5.74) is -0.951. The predicted octanol–water partition coefficient (Wildman–Crippen LogP) is -0.186.